The lowest BCUT2D eigenvalue weighted by Gasteiger charge is -2.42. The molecule has 7 heteroatoms. The van der Waals surface area contributed by atoms with Gasteiger partial charge in [0.05, 0.1) is 18.4 Å². The highest BCUT2D eigenvalue weighted by atomic mass is 16.5. The van der Waals surface area contributed by atoms with Gasteiger partial charge in [0.2, 0.25) is 0 Å². The van der Waals surface area contributed by atoms with Crippen LogP contribution in [-0.4, -0.2) is 71.7 Å². The molecule has 2 N–H and O–H groups in total. The van der Waals surface area contributed by atoms with Crippen molar-refractivity contribution in [3.8, 4) is 5.75 Å². The van der Waals surface area contributed by atoms with E-state index in [1.54, 1.807) is 23.1 Å². The van der Waals surface area contributed by atoms with Crippen molar-refractivity contribution in [3.05, 3.63) is 23.8 Å². The SMILES string of the molecule is CCOc1ccc(C(C)=O)cc1NC(=O)N1CCN([C@H]2CCCC[C@@H]2O)CC1. The number of urea groups is 1. The van der Waals surface area contributed by atoms with Crippen LogP contribution < -0.4 is 10.1 Å². The fourth-order valence-electron chi connectivity index (χ4n) is 4.10. The Morgan fingerprint density at radius 2 is 1.89 bits per heavy atom. The molecule has 2 aliphatic rings. The fraction of sp³-hybridized carbons (Fsp3) is 0.619. The summed E-state index contributed by atoms with van der Waals surface area (Å²) in [6.45, 7) is 6.62. The summed E-state index contributed by atoms with van der Waals surface area (Å²) in [4.78, 5) is 28.5. The number of benzene rings is 1. The molecule has 1 saturated heterocycles. The van der Waals surface area contributed by atoms with Crippen molar-refractivity contribution >= 4 is 17.5 Å². The van der Waals surface area contributed by atoms with E-state index >= 15 is 0 Å². The highest BCUT2D eigenvalue weighted by Crippen LogP contribution is 2.27. The maximum Gasteiger partial charge on any atom is 0.322 e. The zero-order valence-corrected chi connectivity index (χ0v) is 16.8. The van der Waals surface area contributed by atoms with Crippen LogP contribution in [0, 0.1) is 0 Å². The molecule has 1 heterocycles. The molecular formula is C21H31N3O4. The smallest absolute Gasteiger partial charge is 0.322 e. The zero-order valence-electron chi connectivity index (χ0n) is 16.8. The molecule has 3 rings (SSSR count). The topological polar surface area (TPSA) is 82.1 Å². The second kappa shape index (κ2) is 9.39. The number of aliphatic hydroxyl groups is 1. The molecule has 0 spiro atoms. The molecule has 7 nitrogen and oxygen atoms in total. The van der Waals surface area contributed by atoms with Gasteiger partial charge in [0.25, 0.3) is 0 Å². The van der Waals surface area contributed by atoms with E-state index in [0.29, 0.717) is 36.7 Å². The number of nitrogens with zero attached hydrogens (tertiary/aromatic N) is 2. The molecule has 1 aliphatic carbocycles. The molecular weight excluding hydrogens is 358 g/mol. The predicted molar refractivity (Wildman–Crippen MR) is 108 cm³/mol. The molecule has 1 aromatic carbocycles. The van der Waals surface area contributed by atoms with Crippen molar-refractivity contribution in [1.82, 2.24) is 9.80 Å². The molecule has 28 heavy (non-hydrogen) atoms. The Hall–Kier alpha value is -2.12. The number of carbonyl (C=O) groups excluding carboxylic acids is 2. The molecule has 2 amide bonds. The van der Waals surface area contributed by atoms with Crippen molar-refractivity contribution < 1.29 is 19.4 Å². The van der Waals surface area contributed by atoms with E-state index in [1.807, 2.05) is 6.92 Å². The van der Waals surface area contributed by atoms with Gasteiger partial charge in [0.1, 0.15) is 5.75 Å². The van der Waals surface area contributed by atoms with E-state index in [-0.39, 0.29) is 24.0 Å². The standard InChI is InChI=1S/C21H31N3O4/c1-3-28-20-9-8-16(15(2)25)14-17(20)22-21(27)24-12-10-23(11-13-24)18-6-4-5-7-19(18)26/h8-9,14,18-19,26H,3-7,10-13H2,1-2H3,(H,22,27)/t18-,19-/m0/s1. The van der Waals surface area contributed by atoms with E-state index in [2.05, 4.69) is 10.2 Å². The van der Waals surface area contributed by atoms with Crippen LogP contribution >= 0.6 is 0 Å². The molecule has 0 aromatic heterocycles. The Bertz CT molecular complexity index is 701. The second-order valence-corrected chi connectivity index (χ2v) is 7.57. The second-order valence-electron chi connectivity index (χ2n) is 7.57. The number of nitrogens with one attached hydrogen (secondary N) is 1. The van der Waals surface area contributed by atoms with E-state index in [4.69, 9.17) is 4.74 Å². The molecule has 2 atom stereocenters. The Morgan fingerprint density at radius 1 is 1.18 bits per heavy atom. The number of aliphatic hydroxyl groups excluding tert-OH is 1. The van der Waals surface area contributed by atoms with Gasteiger partial charge in [-0.1, -0.05) is 12.8 Å². The van der Waals surface area contributed by atoms with Crippen LogP contribution in [0.1, 0.15) is 49.9 Å². The molecule has 2 fully saturated rings. The number of amides is 2. The third kappa shape index (κ3) is 4.83. The normalized spacial score (nSPS) is 23.3. The molecule has 1 aromatic rings. The van der Waals surface area contributed by atoms with E-state index < -0.39 is 0 Å². The van der Waals surface area contributed by atoms with Crippen LogP contribution in [-0.2, 0) is 0 Å². The summed E-state index contributed by atoms with van der Waals surface area (Å²) >= 11 is 0. The average Bonchev–Trinajstić information content (AvgIpc) is 2.70. The van der Waals surface area contributed by atoms with Gasteiger partial charge >= 0.3 is 6.03 Å². The zero-order chi connectivity index (χ0) is 20.1. The third-order valence-electron chi connectivity index (χ3n) is 5.69. The van der Waals surface area contributed by atoms with E-state index in [9.17, 15) is 14.7 Å². The van der Waals surface area contributed by atoms with E-state index in [1.165, 1.54) is 6.92 Å². The van der Waals surface area contributed by atoms with Crippen molar-refractivity contribution in [1.29, 1.82) is 0 Å². The van der Waals surface area contributed by atoms with Crippen LogP contribution in [0.15, 0.2) is 18.2 Å². The monoisotopic (exact) mass is 389 g/mol. The molecule has 0 radical (unpaired) electrons. The number of piperazine rings is 1. The number of hydrogen-bond acceptors (Lipinski definition) is 5. The predicted octanol–water partition coefficient (Wildman–Crippen LogP) is 2.74. The molecule has 0 bridgehead atoms. The highest BCUT2D eigenvalue weighted by Gasteiger charge is 2.32. The Balaban J connectivity index is 1.61. The minimum absolute atomic E-state index is 0.0572. The van der Waals surface area contributed by atoms with Crippen molar-refractivity contribution in [2.45, 2.75) is 51.7 Å². The summed E-state index contributed by atoms with van der Waals surface area (Å²) in [5.74, 6) is 0.503. The van der Waals surface area contributed by atoms with Gasteiger partial charge in [-0.3, -0.25) is 9.69 Å². The summed E-state index contributed by atoms with van der Waals surface area (Å²) in [5.41, 5.74) is 1.06. The maximum atomic E-state index is 12.8. The number of Topliss-reactive ketones (excluding diaryl/α,β-unsaturated/α-hetero) is 1. The molecule has 1 aliphatic heterocycles. The number of anilines is 1. The lowest BCUT2D eigenvalue weighted by molar-refractivity contribution is 0.00275. The van der Waals surface area contributed by atoms with Crippen LogP contribution in [0.5, 0.6) is 5.75 Å². The Labute approximate surface area is 166 Å². The summed E-state index contributed by atoms with van der Waals surface area (Å²) in [5, 5.41) is 13.2. The number of hydrogen-bond donors (Lipinski definition) is 2. The van der Waals surface area contributed by atoms with Crippen molar-refractivity contribution in [2.24, 2.45) is 0 Å². The first-order chi connectivity index (χ1) is 13.5. The quantitative estimate of drug-likeness (QED) is 0.757. The first kappa shape index (κ1) is 20.6. The van der Waals surface area contributed by atoms with Gasteiger partial charge < -0.3 is 20.1 Å². The van der Waals surface area contributed by atoms with Crippen LogP contribution in [0.4, 0.5) is 10.5 Å². The summed E-state index contributed by atoms with van der Waals surface area (Å²) in [6, 6.07) is 5.12. The Kier molecular flexibility index (Phi) is 6.91. The summed E-state index contributed by atoms with van der Waals surface area (Å²) in [6.07, 6.45) is 3.91. The number of carbonyl (C=O) groups is 2. The van der Waals surface area contributed by atoms with Crippen molar-refractivity contribution in [3.63, 3.8) is 0 Å². The van der Waals surface area contributed by atoms with Crippen LogP contribution in [0.2, 0.25) is 0 Å². The van der Waals surface area contributed by atoms with Gasteiger partial charge in [-0.2, -0.15) is 0 Å². The minimum atomic E-state index is -0.253. The fourth-order valence-corrected chi connectivity index (χ4v) is 4.10. The minimum Gasteiger partial charge on any atom is -0.492 e. The molecule has 154 valence electrons. The van der Waals surface area contributed by atoms with Gasteiger partial charge in [0, 0.05) is 37.8 Å². The van der Waals surface area contributed by atoms with Gasteiger partial charge in [-0.15, -0.1) is 0 Å². The van der Waals surface area contributed by atoms with Crippen molar-refractivity contribution in [2.75, 3.05) is 38.1 Å². The van der Waals surface area contributed by atoms with Gasteiger partial charge in [0.15, 0.2) is 5.78 Å². The summed E-state index contributed by atoms with van der Waals surface area (Å²) < 4.78 is 5.59. The average molecular weight is 389 g/mol. The Morgan fingerprint density at radius 3 is 2.54 bits per heavy atom. The van der Waals surface area contributed by atoms with Gasteiger partial charge in [-0.25, -0.2) is 4.79 Å². The van der Waals surface area contributed by atoms with Crippen LogP contribution in [0.3, 0.4) is 0 Å². The first-order valence-corrected chi connectivity index (χ1v) is 10.3. The largest absolute Gasteiger partial charge is 0.492 e. The number of ether oxygens (including phenoxy) is 1. The molecule has 1 saturated carbocycles. The lowest BCUT2D eigenvalue weighted by atomic mass is 9.91. The number of ketones is 1. The maximum absolute atomic E-state index is 12.8. The molecule has 0 unspecified atom stereocenters. The van der Waals surface area contributed by atoms with E-state index in [0.717, 1.165) is 38.8 Å². The van der Waals surface area contributed by atoms with Gasteiger partial charge in [-0.05, 0) is 44.9 Å². The lowest BCUT2D eigenvalue weighted by Crippen LogP contribution is -2.56. The first-order valence-electron chi connectivity index (χ1n) is 10.3. The number of rotatable bonds is 5. The van der Waals surface area contributed by atoms with Crippen LogP contribution in [0.25, 0.3) is 0 Å². The summed E-state index contributed by atoms with van der Waals surface area (Å²) in [7, 11) is 0. The third-order valence-corrected chi connectivity index (χ3v) is 5.69. The highest BCUT2D eigenvalue weighted by molar-refractivity contribution is 5.98.